The highest BCUT2D eigenvalue weighted by molar-refractivity contribution is 9.10. The van der Waals surface area contributed by atoms with Crippen molar-refractivity contribution in [2.24, 2.45) is 0 Å². The van der Waals surface area contributed by atoms with E-state index in [2.05, 4.69) is 20.9 Å². The fourth-order valence-corrected chi connectivity index (χ4v) is 1.87. The molecule has 2 rings (SSSR count). The number of nitriles is 1. The van der Waals surface area contributed by atoms with Crippen molar-refractivity contribution in [2.75, 3.05) is 0 Å². The Morgan fingerprint density at radius 1 is 1.39 bits per heavy atom. The molecule has 0 radical (unpaired) electrons. The molecule has 0 amide bonds. The van der Waals surface area contributed by atoms with Crippen LogP contribution in [0.1, 0.15) is 11.3 Å². The van der Waals surface area contributed by atoms with Crippen molar-refractivity contribution in [3.8, 4) is 11.8 Å². The molecule has 0 N–H and O–H groups in total. The van der Waals surface area contributed by atoms with Crippen LogP contribution in [0.25, 0.3) is 0 Å². The molecule has 1 aromatic carbocycles. The van der Waals surface area contributed by atoms with Crippen LogP contribution in [0.2, 0.25) is 0 Å². The summed E-state index contributed by atoms with van der Waals surface area (Å²) >= 11 is 3.21. The van der Waals surface area contributed by atoms with Crippen molar-refractivity contribution in [3.63, 3.8) is 0 Å². The summed E-state index contributed by atoms with van der Waals surface area (Å²) < 4.78 is 18.9. The Balaban J connectivity index is 2.14. The minimum atomic E-state index is -0.340. The van der Waals surface area contributed by atoms with Gasteiger partial charge in [-0.3, -0.25) is 0 Å². The van der Waals surface area contributed by atoms with Gasteiger partial charge < -0.3 is 4.74 Å². The number of aromatic nitrogens is 1. The summed E-state index contributed by atoms with van der Waals surface area (Å²) in [7, 11) is 0. The van der Waals surface area contributed by atoms with Gasteiger partial charge in [-0.1, -0.05) is 6.07 Å². The van der Waals surface area contributed by atoms with Crippen molar-refractivity contribution in [1.29, 1.82) is 5.26 Å². The van der Waals surface area contributed by atoms with E-state index >= 15 is 0 Å². The topological polar surface area (TPSA) is 45.9 Å². The molecule has 0 spiro atoms. The van der Waals surface area contributed by atoms with Gasteiger partial charge in [-0.05, 0) is 40.2 Å². The molecule has 0 saturated heterocycles. The number of hydrogen-bond donors (Lipinski definition) is 0. The van der Waals surface area contributed by atoms with E-state index < -0.39 is 0 Å². The van der Waals surface area contributed by atoms with Crippen LogP contribution in [0.5, 0.6) is 5.75 Å². The van der Waals surface area contributed by atoms with Gasteiger partial charge in [-0.2, -0.15) is 5.26 Å². The first-order chi connectivity index (χ1) is 8.70. The zero-order valence-corrected chi connectivity index (χ0v) is 10.8. The Labute approximate surface area is 112 Å². The third-order valence-electron chi connectivity index (χ3n) is 2.27. The Hall–Kier alpha value is -1.93. The zero-order valence-electron chi connectivity index (χ0n) is 9.23. The molecular formula is C13H8BrFN2O. The lowest BCUT2D eigenvalue weighted by atomic mass is 10.2. The summed E-state index contributed by atoms with van der Waals surface area (Å²) in [5.41, 5.74) is 1.02. The molecule has 18 heavy (non-hydrogen) atoms. The Bertz CT molecular complexity index is 610. The Morgan fingerprint density at radius 2 is 2.22 bits per heavy atom. The number of rotatable bonds is 3. The minimum absolute atomic E-state index is 0.209. The van der Waals surface area contributed by atoms with E-state index in [0.29, 0.717) is 21.5 Å². The molecule has 0 atom stereocenters. The number of halogens is 2. The first-order valence-corrected chi connectivity index (χ1v) is 5.92. The van der Waals surface area contributed by atoms with Crippen LogP contribution in [0.15, 0.2) is 41.0 Å². The quantitative estimate of drug-likeness (QED) is 0.872. The summed E-state index contributed by atoms with van der Waals surface area (Å²) in [5.74, 6) is 0.178. The number of nitrogens with zero attached hydrogens (tertiary/aromatic N) is 2. The van der Waals surface area contributed by atoms with Crippen LogP contribution in [-0.4, -0.2) is 4.98 Å². The molecule has 1 heterocycles. The predicted octanol–water partition coefficient (Wildman–Crippen LogP) is 3.43. The minimum Gasteiger partial charge on any atom is -0.488 e. The highest BCUT2D eigenvalue weighted by Gasteiger charge is 2.06. The summed E-state index contributed by atoms with van der Waals surface area (Å²) in [6.45, 7) is 0.209. The maximum Gasteiger partial charge on any atom is 0.147 e. The molecule has 0 bridgehead atoms. The molecule has 0 saturated carbocycles. The third-order valence-corrected chi connectivity index (χ3v) is 2.89. The van der Waals surface area contributed by atoms with Gasteiger partial charge in [-0.15, -0.1) is 0 Å². The largest absolute Gasteiger partial charge is 0.488 e. The zero-order chi connectivity index (χ0) is 13.0. The van der Waals surface area contributed by atoms with E-state index in [4.69, 9.17) is 10.00 Å². The van der Waals surface area contributed by atoms with E-state index in [9.17, 15) is 4.39 Å². The van der Waals surface area contributed by atoms with E-state index in [1.807, 2.05) is 6.07 Å². The molecule has 5 heteroatoms. The van der Waals surface area contributed by atoms with E-state index in [0.717, 1.165) is 0 Å². The second-order valence-corrected chi connectivity index (χ2v) is 4.34. The predicted molar refractivity (Wildman–Crippen MR) is 67.4 cm³/mol. The summed E-state index contributed by atoms with van der Waals surface area (Å²) in [6.07, 6.45) is 1.55. The van der Waals surface area contributed by atoms with Crippen molar-refractivity contribution < 1.29 is 9.13 Å². The maximum absolute atomic E-state index is 12.9. The molecule has 0 aliphatic carbocycles. The van der Waals surface area contributed by atoms with Gasteiger partial charge in [0.25, 0.3) is 0 Å². The van der Waals surface area contributed by atoms with E-state index in [-0.39, 0.29) is 12.4 Å². The molecule has 1 aromatic heterocycles. The standard InChI is InChI=1S/C13H8BrFN2O/c14-11-6-10(15)3-4-13(11)18-8-9-2-1-5-17-12(9)7-16/h1-6H,8H2. The average Bonchev–Trinajstić information content (AvgIpc) is 2.38. The number of benzene rings is 1. The normalized spacial score (nSPS) is 9.83. The highest BCUT2D eigenvalue weighted by atomic mass is 79.9. The molecule has 3 nitrogen and oxygen atoms in total. The number of pyridine rings is 1. The van der Waals surface area contributed by atoms with Gasteiger partial charge in [0.15, 0.2) is 0 Å². The number of hydrogen-bond acceptors (Lipinski definition) is 3. The van der Waals surface area contributed by atoms with Gasteiger partial charge in [0.2, 0.25) is 0 Å². The lowest BCUT2D eigenvalue weighted by Crippen LogP contribution is -2.00. The van der Waals surface area contributed by atoms with Gasteiger partial charge in [0, 0.05) is 11.8 Å². The first kappa shape index (κ1) is 12.5. The number of ether oxygens (including phenoxy) is 1. The monoisotopic (exact) mass is 306 g/mol. The highest BCUT2D eigenvalue weighted by Crippen LogP contribution is 2.26. The molecule has 0 unspecified atom stereocenters. The lowest BCUT2D eigenvalue weighted by Gasteiger charge is -2.08. The second-order valence-electron chi connectivity index (χ2n) is 3.49. The molecule has 0 fully saturated rings. The molecule has 0 aliphatic rings. The van der Waals surface area contributed by atoms with Crippen molar-refractivity contribution in [3.05, 3.63) is 58.1 Å². The lowest BCUT2D eigenvalue weighted by molar-refractivity contribution is 0.303. The Kier molecular flexibility index (Phi) is 3.90. The fourth-order valence-electron chi connectivity index (χ4n) is 1.40. The molecule has 90 valence electrons. The van der Waals surface area contributed by atoms with Crippen molar-refractivity contribution in [1.82, 2.24) is 4.98 Å². The summed E-state index contributed by atoms with van der Waals surface area (Å²) in [5, 5.41) is 8.88. The average molecular weight is 307 g/mol. The molecule has 0 aliphatic heterocycles. The summed E-state index contributed by atoms with van der Waals surface area (Å²) in [6, 6.07) is 9.66. The third kappa shape index (κ3) is 2.84. The fraction of sp³-hybridized carbons (Fsp3) is 0.0769. The Morgan fingerprint density at radius 3 is 2.94 bits per heavy atom. The van der Waals surface area contributed by atoms with Crippen LogP contribution < -0.4 is 4.74 Å². The summed E-state index contributed by atoms with van der Waals surface area (Å²) in [4.78, 5) is 3.93. The van der Waals surface area contributed by atoms with Gasteiger partial charge in [0.05, 0.1) is 4.47 Å². The smallest absolute Gasteiger partial charge is 0.147 e. The van der Waals surface area contributed by atoms with Gasteiger partial charge in [-0.25, -0.2) is 9.37 Å². The van der Waals surface area contributed by atoms with Crippen molar-refractivity contribution >= 4 is 15.9 Å². The van der Waals surface area contributed by atoms with E-state index in [1.54, 1.807) is 18.3 Å². The van der Waals surface area contributed by atoms with Crippen LogP contribution in [0.4, 0.5) is 4.39 Å². The van der Waals surface area contributed by atoms with E-state index in [1.165, 1.54) is 18.2 Å². The maximum atomic E-state index is 12.9. The van der Waals surface area contributed by atoms with Crippen LogP contribution in [0.3, 0.4) is 0 Å². The van der Waals surface area contributed by atoms with Crippen molar-refractivity contribution in [2.45, 2.75) is 6.61 Å². The SMILES string of the molecule is N#Cc1ncccc1COc1ccc(F)cc1Br. The van der Waals surface area contributed by atoms with Gasteiger partial charge >= 0.3 is 0 Å². The molecular weight excluding hydrogens is 299 g/mol. The van der Waals surface area contributed by atoms with Crippen LogP contribution >= 0.6 is 15.9 Å². The van der Waals surface area contributed by atoms with Gasteiger partial charge in [0.1, 0.15) is 29.9 Å². The second kappa shape index (κ2) is 5.61. The first-order valence-electron chi connectivity index (χ1n) is 5.12. The molecule has 2 aromatic rings. The van der Waals surface area contributed by atoms with Crippen LogP contribution in [-0.2, 0) is 6.61 Å². The van der Waals surface area contributed by atoms with Crippen LogP contribution in [0, 0.1) is 17.1 Å².